The van der Waals surface area contributed by atoms with Crippen LogP contribution in [0.3, 0.4) is 0 Å². The molecule has 0 spiro atoms. The Morgan fingerprint density at radius 2 is 1.59 bits per heavy atom. The van der Waals surface area contributed by atoms with Gasteiger partial charge in [0.25, 0.3) is 5.89 Å². The molecule has 1 atom stereocenters. The van der Waals surface area contributed by atoms with Gasteiger partial charge in [-0.05, 0) is 43.8 Å². The summed E-state index contributed by atoms with van der Waals surface area (Å²) in [6.07, 6.45) is 0.716. The highest BCUT2D eigenvalue weighted by Gasteiger charge is 2.10. The minimum absolute atomic E-state index is 0. The summed E-state index contributed by atoms with van der Waals surface area (Å²) >= 11 is 0. The number of rotatable bonds is 9. The van der Waals surface area contributed by atoms with Crippen LogP contribution in [0.5, 0.6) is 11.5 Å². The lowest BCUT2D eigenvalue weighted by molar-refractivity contribution is 0.241. The van der Waals surface area contributed by atoms with Crippen molar-refractivity contribution in [2.45, 2.75) is 32.6 Å². The first kappa shape index (κ1) is 20.7. The van der Waals surface area contributed by atoms with Gasteiger partial charge in [-0.25, -0.2) is 0 Å². The fourth-order valence-corrected chi connectivity index (χ4v) is 2.33. The zero-order valence-electron chi connectivity index (χ0n) is 15.4. The predicted molar refractivity (Wildman–Crippen MR) is 105 cm³/mol. The smallest absolute Gasteiger partial charge is 0.264 e. The topological polar surface area (TPSA) is 69.4 Å². The molecule has 7 heteroatoms. The molecule has 1 unspecified atom stereocenters. The van der Waals surface area contributed by atoms with Crippen molar-refractivity contribution in [2.75, 3.05) is 7.05 Å². The Balaban J connectivity index is 0.00000261. The van der Waals surface area contributed by atoms with Gasteiger partial charge in [-0.2, -0.15) is 4.98 Å². The monoisotopic (exact) mass is 389 g/mol. The molecule has 1 heterocycles. The lowest BCUT2D eigenvalue weighted by atomic mass is 10.2. The average molecular weight is 390 g/mol. The molecular weight excluding hydrogens is 366 g/mol. The maximum atomic E-state index is 5.76. The van der Waals surface area contributed by atoms with E-state index < -0.39 is 0 Å². The van der Waals surface area contributed by atoms with E-state index >= 15 is 0 Å². The van der Waals surface area contributed by atoms with Gasteiger partial charge in [0.05, 0.1) is 0 Å². The summed E-state index contributed by atoms with van der Waals surface area (Å²) in [7, 11) is 1.90. The predicted octanol–water partition coefficient (Wildman–Crippen LogP) is 3.80. The molecule has 0 aliphatic rings. The number of halogens is 1. The number of benzene rings is 2. The Morgan fingerprint density at radius 3 is 2.22 bits per heavy atom. The second-order valence-electron chi connectivity index (χ2n) is 6.03. The zero-order chi connectivity index (χ0) is 18.2. The molecule has 0 saturated heterocycles. The SMILES string of the molecule is CNC(C)Cc1noc(COc2ccc(OCc3ccccc3)cc2)n1.Cl. The van der Waals surface area contributed by atoms with Gasteiger partial charge >= 0.3 is 0 Å². The summed E-state index contributed by atoms with van der Waals surface area (Å²) in [5.41, 5.74) is 1.13. The maximum absolute atomic E-state index is 5.76. The summed E-state index contributed by atoms with van der Waals surface area (Å²) in [4.78, 5) is 4.33. The van der Waals surface area contributed by atoms with Gasteiger partial charge in [0.2, 0.25) is 0 Å². The van der Waals surface area contributed by atoms with Crippen molar-refractivity contribution in [3.63, 3.8) is 0 Å². The second-order valence-corrected chi connectivity index (χ2v) is 6.03. The number of hydrogen-bond acceptors (Lipinski definition) is 6. The molecule has 1 aromatic heterocycles. The van der Waals surface area contributed by atoms with E-state index in [1.54, 1.807) is 0 Å². The van der Waals surface area contributed by atoms with Crippen LogP contribution in [0.4, 0.5) is 0 Å². The van der Waals surface area contributed by atoms with E-state index in [2.05, 4.69) is 22.4 Å². The van der Waals surface area contributed by atoms with Gasteiger partial charge in [-0.3, -0.25) is 0 Å². The van der Waals surface area contributed by atoms with Gasteiger partial charge in [-0.1, -0.05) is 35.5 Å². The zero-order valence-corrected chi connectivity index (χ0v) is 16.2. The Kier molecular flexibility index (Phi) is 8.10. The molecular formula is C20H24ClN3O3. The fraction of sp³-hybridized carbons (Fsp3) is 0.300. The number of aromatic nitrogens is 2. The van der Waals surface area contributed by atoms with Gasteiger partial charge in [0.1, 0.15) is 18.1 Å². The lowest BCUT2D eigenvalue weighted by Crippen LogP contribution is -2.24. The number of likely N-dealkylation sites (N-methyl/N-ethyl adjacent to an activating group) is 1. The van der Waals surface area contributed by atoms with Gasteiger partial charge in [-0.15, -0.1) is 12.4 Å². The van der Waals surface area contributed by atoms with E-state index in [9.17, 15) is 0 Å². The van der Waals surface area contributed by atoms with Crippen molar-refractivity contribution in [2.24, 2.45) is 0 Å². The van der Waals surface area contributed by atoms with E-state index in [1.165, 1.54) is 0 Å². The van der Waals surface area contributed by atoms with E-state index in [4.69, 9.17) is 14.0 Å². The number of nitrogens with one attached hydrogen (secondary N) is 1. The molecule has 0 amide bonds. The first-order valence-corrected chi connectivity index (χ1v) is 8.61. The minimum atomic E-state index is 0. The molecule has 0 radical (unpaired) electrons. The van der Waals surface area contributed by atoms with Gasteiger partial charge in [0, 0.05) is 12.5 Å². The van der Waals surface area contributed by atoms with Crippen LogP contribution in [0.1, 0.15) is 24.2 Å². The van der Waals surface area contributed by atoms with Crippen LogP contribution in [0.25, 0.3) is 0 Å². The second kappa shape index (κ2) is 10.5. The molecule has 0 aliphatic heterocycles. The third-order valence-electron chi connectivity index (χ3n) is 3.93. The molecule has 144 valence electrons. The van der Waals surface area contributed by atoms with Crippen molar-refractivity contribution in [3.05, 3.63) is 71.9 Å². The molecule has 27 heavy (non-hydrogen) atoms. The quantitative estimate of drug-likeness (QED) is 0.600. The van der Waals surface area contributed by atoms with Gasteiger partial charge in [0.15, 0.2) is 12.4 Å². The highest BCUT2D eigenvalue weighted by atomic mass is 35.5. The summed E-state index contributed by atoms with van der Waals surface area (Å²) in [5.74, 6) is 2.66. The minimum Gasteiger partial charge on any atom is -0.489 e. The van der Waals surface area contributed by atoms with Gasteiger partial charge < -0.3 is 19.3 Å². The standard InChI is InChI=1S/C20H23N3O3.ClH/c1-15(21-2)12-19-22-20(26-23-19)14-25-18-10-8-17(9-11-18)24-13-16-6-4-3-5-7-16;/h3-11,15,21H,12-14H2,1-2H3;1H. The van der Waals surface area contributed by atoms with Crippen LogP contribution < -0.4 is 14.8 Å². The summed E-state index contributed by atoms with van der Waals surface area (Å²) in [6, 6.07) is 17.8. The first-order chi connectivity index (χ1) is 12.7. The molecule has 0 fully saturated rings. The fourth-order valence-electron chi connectivity index (χ4n) is 2.33. The number of ether oxygens (including phenoxy) is 2. The van der Waals surface area contributed by atoms with Crippen LogP contribution in [-0.4, -0.2) is 23.2 Å². The van der Waals surface area contributed by atoms with E-state index in [0.29, 0.717) is 30.8 Å². The van der Waals surface area contributed by atoms with Crippen LogP contribution in [-0.2, 0) is 19.6 Å². The van der Waals surface area contributed by atoms with Crippen molar-refractivity contribution >= 4 is 12.4 Å². The molecule has 3 rings (SSSR count). The lowest BCUT2D eigenvalue weighted by Gasteiger charge is -2.08. The summed E-state index contributed by atoms with van der Waals surface area (Å²) in [6.45, 7) is 2.84. The molecule has 0 saturated carbocycles. The highest BCUT2D eigenvalue weighted by molar-refractivity contribution is 5.85. The summed E-state index contributed by atoms with van der Waals surface area (Å²) in [5, 5.41) is 7.10. The van der Waals surface area contributed by atoms with Crippen LogP contribution in [0.15, 0.2) is 59.1 Å². The normalized spacial score (nSPS) is 11.5. The molecule has 3 aromatic rings. The third-order valence-corrected chi connectivity index (χ3v) is 3.93. The summed E-state index contributed by atoms with van der Waals surface area (Å²) < 4.78 is 16.6. The molecule has 0 aliphatic carbocycles. The number of nitrogens with zero attached hydrogens (tertiary/aromatic N) is 2. The maximum Gasteiger partial charge on any atom is 0.264 e. The Hall–Kier alpha value is -2.57. The third kappa shape index (κ3) is 6.58. The Morgan fingerprint density at radius 1 is 0.963 bits per heavy atom. The molecule has 1 N–H and O–H groups in total. The Labute approximate surface area is 165 Å². The molecule has 6 nitrogen and oxygen atoms in total. The average Bonchev–Trinajstić information content (AvgIpc) is 3.13. The molecule has 2 aromatic carbocycles. The Bertz CT molecular complexity index is 794. The van der Waals surface area contributed by atoms with E-state index in [-0.39, 0.29) is 19.0 Å². The van der Waals surface area contributed by atoms with Crippen molar-refractivity contribution < 1.29 is 14.0 Å². The van der Waals surface area contributed by atoms with Crippen LogP contribution in [0, 0.1) is 0 Å². The largest absolute Gasteiger partial charge is 0.489 e. The van der Waals surface area contributed by atoms with E-state index in [1.807, 2.05) is 61.6 Å². The van der Waals surface area contributed by atoms with Crippen molar-refractivity contribution in [3.8, 4) is 11.5 Å². The van der Waals surface area contributed by atoms with Crippen LogP contribution >= 0.6 is 12.4 Å². The van der Waals surface area contributed by atoms with E-state index in [0.717, 1.165) is 17.1 Å². The highest BCUT2D eigenvalue weighted by Crippen LogP contribution is 2.19. The molecule has 0 bridgehead atoms. The van der Waals surface area contributed by atoms with Crippen molar-refractivity contribution in [1.29, 1.82) is 0 Å². The first-order valence-electron chi connectivity index (χ1n) is 8.61. The van der Waals surface area contributed by atoms with Crippen LogP contribution in [0.2, 0.25) is 0 Å². The number of hydrogen-bond donors (Lipinski definition) is 1. The van der Waals surface area contributed by atoms with Crippen molar-refractivity contribution in [1.82, 2.24) is 15.5 Å².